The molecule has 0 atom stereocenters. The second-order valence-corrected chi connectivity index (χ2v) is 6.81. The molecule has 142 valence electrons. The number of para-hydroxylation sites is 1. The Morgan fingerprint density at radius 2 is 1.59 bits per heavy atom. The van der Waals surface area contributed by atoms with Crippen LogP contribution in [0.4, 0.5) is 11.4 Å². The lowest BCUT2D eigenvalue weighted by molar-refractivity contribution is -0.117. The molecule has 2 aromatic rings. The molecule has 5 nitrogen and oxygen atoms in total. The van der Waals surface area contributed by atoms with Crippen LogP contribution in [0.3, 0.4) is 0 Å². The van der Waals surface area contributed by atoms with Crippen LogP contribution >= 0.6 is 0 Å². The Labute approximate surface area is 160 Å². The lowest BCUT2D eigenvalue weighted by atomic mass is 10.0. The van der Waals surface area contributed by atoms with Gasteiger partial charge in [-0.3, -0.25) is 14.4 Å². The van der Waals surface area contributed by atoms with Crippen molar-refractivity contribution in [2.24, 2.45) is 0 Å². The van der Waals surface area contributed by atoms with Crippen molar-refractivity contribution in [2.75, 3.05) is 16.8 Å². The monoisotopic (exact) mass is 366 g/mol. The summed E-state index contributed by atoms with van der Waals surface area (Å²) in [4.78, 5) is 37.3. The SMILES string of the molecule is CC(=O)c1ccc(N(CCC(=O)Nc2ccccc2C(C)C)C(C)=O)cc1. The van der Waals surface area contributed by atoms with E-state index in [2.05, 4.69) is 19.2 Å². The highest BCUT2D eigenvalue weighted by atomic mass is 16.2. The van der Waals surface area contributed by atoms with Gasteiger partial charge in [-0.05, 0) is 48.7 Å². The maximum Gasteiger partial charge on any atom is 0.226 e. The van der Waals surface area contributed by atoms with Gasteiger partial charge in [0, 0.05) is 36.8 Å². The Morgan fingerprint density at radius 1 is 0.963 bits per heavy atom. The summed E-state index contributed by atoms with van der Waals surface area (Å²) in [6.45, 7) is 7.38. The third-order valence-corrected chi connectivity index (χ3v) is 4.38. The maximum atomic E-state index is 12.4. The van der Waals surface area contributed by atoms with Crippen LogP contribution in [0.25, 0.3) is 0 Å². The average molecular weight is 366 g/mol. The Hall–Kier alpha value is -2.95. The van der Waals surface area contributed by atoms with E-state index >= 15 is 0 Å². The van der Waals surface area contributed by atoms with Crippen LogP contribution in [0.15, 0.2) is 48.5 Å². The Balaban J connectivity index is 2.05. The number of nitrogens with one attached hydrogen (secondary N) is 1. The largest absolute Gasteiger partial charge is 0.326 e. The van der Waals surface area contributed by atoms with E-state index in [-0.39, 0.29) is 30.6 Å². The molecule has 0 aliphatic carbocycles. The molecule has 0 radical (unpaired) electrons. The Kier molecular flexibility index (Phi) is 6.88. The molecular formula is C22H26N2O3. The van der Waals surface area contributed by atoms with Gasteiger partial charge in [0.05, 0.1) is 0 Å². The predicted molar refractivity (Wildman–Crippen MR) is 108 cm³/mol. The fourth-order valence-corrected chi connectivity index (χ4v) is 2.88. The minimum atomic E-state index is -0.152. The molecule has 27 heavy (non-hydrogen) atoms. The van der Waals surface area contributed by atoms with Gasteiger partial charge in [-0.1, -0.05) is 32.0 Å². The number of rotatable bonds is 7. The zero-order chi connectivity index (χ0) is 20.0. The molecule has 2 aromatic carbocycles. The van der Waals surface area contributed by atoms with Crippen molar-refractivity contribution < 1.29 is 14.4 Å². The topological polar surface area (TPSA) is 66.5 Å². The Morgan fingerprint density at radius 3 is 2.15 bits per heavy atom. The van der Waals surface area contributed by atoms with Crippen LogP contribution in [-0.4, -0.2) is 24.1 Å². The fourth-order valence-electron chi connectivity index (χ4n) is 2.88. The molecule has 0 aliphatic rings. The van der Waals surface area contributed by atoms with Crippen molar-refractivity contribution in [1.82, 2.24) is 0 Å². The van der Waals surface area contributed by atoms with Gasteiger partial charge in [0.2, 0.25) is 11.8 Å². The van der Waals surface area contributed by atoms with Crippen LogP contribution in [0.2, 0.25) is 0 Å². The van der Waals surface area contributed by atoms with E-state index < -0.39 is 0 Å². The van der Waals surface area contributed by atoms with Crippen LogP contribution in [-0.2, 0) is 9.59 Å². The van der Waals surface area contributed by atoms with Crippen LogP contribution in [0.1, 0.15) is 56.0 Å². The number of ketones is 1. The molecule has 2 rings (SSSR count). The summed E-state index contributed by atoms with van der Waals surface area (Å²) in [7, 11) is 0. The van der Waals surface area contributed by atoms with Crippen molar-refractivity contribution in [3.05, 3.63) is 59.7 Å². The van der Waals surface area contributed by atoms with Gasteiger partial charge in [0.25, 0.3) is 0 Å². The minimum absolute atomic E-state index is 0.0286. The first-order valence-electron chi connectivity index (χ1n) is 9.07. The fraction of sp³-hybridized carbons (Fsp3) is 0.318. The minimum Gasteiger partial charge on any atom is -0.326 e. The first-order chi connectivity index (χ1) is 12.8. The van der Waals surface area contributed by atoms with Gasteiger partial charge >= 0.3 is 0 Å². The van der Waals surface area contributed by atoms with Gasteiger partial charge in [-0.25, -0.2) is 0 Å². The molecule has 2 amide bonds. The summed E-state index contributed by atoms with van der Waals surface area (Å²) in [6, 6.07) is 14.6. The molecule has 0 heterocycles. The smallest absolute Gasteiger partial charge is 0.226 e. The van der Waals surface area contributed by atoms with E-state index in [9.17, 15) is 14.4 Å². The number of nitrogens with zero attached hydrogens (tertiary/aromatic N) is 1. The zero-order valence-corrected chi connectivity index (χ0v) is 16.3. The number of hydrogen-bond donors (Lipinski definition) is 1. The normalized spacial score (nSPS) is 10.6. The number of amides is 2. The molecule has 0 spiro atoms. The molecule has 1 N–H and O–H groups in total. The quantitative estimate of drug-likeness (QED) is 0.739. The van der Waals surface area contributed by atoms with Gasteiger partial charge < -0.3 is 10.2 Å². The van der Waals surface area contributed by atoms with E-state index in [1.807, 2.05) is 24.3 Å². The summed E-state index contributed by atoms with van der Waals surface area (Å²) in [5.74, 6) is -0.0233. The highest BCUT2D eigenvalue weighted by Crippen LogP contribution is 2.24. The number of hydrogen-bond acceptors (Lipinski definition) is 3. The maximum absolute atomic E-state index is 12.4. The summed E-state index contributed by atoms with van der Waals surface area (Å²) >= 11 is 0. The van der Waals surface area contributed by atoms with E-state index in [0.29, 0.717) is 17.2 Å². The summed E-state index contributed by atoms with van der Waals surface area (Å²) in [6.07, 6.45) is 0.181. The molecule has 0 fully saturated rings. The molecule has 0 aliphatic heterocycles. The molecule has 0 saturated heterocycles. The predicted octanol–water partition coefficient (Wildman–Crippen LogP) is 4.39. The second kappa shape index (κ2) is 9.12. The van der Waals surface area contributed by atoms with E-state index in [1.54, 1.807) is 24.3 Å². The highest BCUT2D eigenvalue weighted by Gasteiger charge is 2.15. The third kappa shape index (κ3) is 5.51. The van der Waals surface area contributed by atoms with Gasteiger partial charge in [-0.2, -0.15) is 0 Å². The summed E-state index contributed by atoms with van der Waals surface area (Å²) < 4.78 is 0. The molecule has 0 bridgehead atoms. The van der Waals surface area contributed by atoms with Gasteiger partial charge in [0.1, 0.15) is 0 Å². The Bertz CT molecular complexity index is 826. The van der Waals surface area contributed by atoms with Crippen LogP contribution in [0, 0.1) is 0 Å². The number of carbonyl (C=O) groups is 3. The van der Waals surface area contributed by atoms with E-state index in [4.69, 9.17) is 0 Å². The first-order valence-corrected chi connectivity index (χ1v) is 9.07. The molecule has 5 heteroatoms. The van der Waals surface area contributed by atoms with E-state index in [1.165, 1.54) is 18.7 Å². The first kappa shape index (κ1) is 20.4. The van der Waals surface area contributed by atoms with E-state index in [0.717, 1.165) is 11.3 Å². The van der Waals surface area contributed by atoms with Crippen LogP contribution < -0.4 is 10.2 Å². The van der Waals surface area contributed by atoms with Crippen molar-refractivity contribution in [2.45, 2.75) is 40.0 Å². The van der Waals surface area contributed by atoms with Crippen molar-refractivity contribution in [3.8, 4) is 0 Å². The van der Waals surface area contributed by atoms with Crippen LogP contribution in [0.5, 0.6) is 0 Å². The number of Topliss-reactive ketones (excluding diaryl/α,β-unsaturated/α-hetero) is 1. The zero-order valence-electron chi connectivity index (χ0n) is 16.3. The van der Waals surface area contributed by atoms with Crippen molar-refractivity contribution in [1.29, 1.82) is 0 Å². The van der Waals surface area contributed by atoms with Gasteiger partial charge in [-0.15, -0.1) is 0 Å². The molecular weight excluding hydrogens is 340 g/mol. The molecule has 0 saturated carbocycles. The highest BCUT2D eigenvalue weighted by molar-refractivity contribution is 5.97. The number of benzene rings is 2. The molecule has 0 aromatic heterocycles. The molecule has 0 unspecified atom stereocenters. The summed E-state index contributed by atoms with van der Waals surface area (Å²) in [5, 5.41) is 2.94. The standard InChI is InChI=1S/C22H26N2O3/c1-15(2)20-7-5-6-8-21(20)23-22(27)13-14-24(17(4)26)19-11-9-18(10-12-19)16(3)25/h5-12,15H,13-14H2,1-4H3,(H,23,27). The van der Waals surface area contributed by atoms with Crippen molar-refractivity contribution in [3.63, 3.8) is 0 Å². The second-order valence-electron chi connectivity index (χ2n) is 6.81. The van der Waals surface area contributed by atoms with Crippen molar-refractivity contribution >= 4 is 29.0 Å². The third-order valence-electron chi connectivity index (χ3n) is 4.38. The van der Waals surface area contributed by atoms with Gasteiger partial charge in [0.15, 0.2) is 5.78 Å². The lowest BCUT2D eigenvalue weighted by Gasteiger charge is -2.21. The number of anilines is 2. The number of carbonyl (C=O) groups excluding carboxylic acids is 3. The average Bonchev–Trinajstić information content (AvgIpc) is 2.62. The summed E-state index contributed by atoms with van der Waals surface area (Å²) in [5.41, 5.74) is 3.14. The lowest BCUT2D eigenvalue weighted by Crippen LogP contribution is -2.32.